The van der Waals surface area contributed by atoms with E-state index in [4.69, 9.17) is 5.73 Å². The first-order chi connectivity index (χ1) is 9.30. The summed E-state index contributed by atoms with van der Waals surface area (Å²) in [4.78, 5) is 11.2. The van der Waals surface area contributed by atoms with Gasteiger partial charge in [0, 0.05) is 13.2 Å². The largest absolute Gasteiger partial charge is 0.394 e. The van der Waals surface area contributed by atoms with Gasteiger partial charge in [0.25, 0.3) is 5.91 Å². The minimum Gasteiger partial charge on any atom is -0.394 e. The Morgan fingerprint density at radius 1 is 1.50 bits per heavy atom. The van der Waals surface area contributed by atoms with Crippen LogP contribution in [0.5, 0.6) is 0 Å². The molecule has 0 aliphatic heterocycles. The summed E-state index contributed by atoms with van der Waals surface area (Å²) in [7, 11) is -2.24. The number of aromatic nitrogens is 1. The highest BCUT2D eigenvalue weighted by Gasteiger charge is 2.37. The van der Waals surface area contributed by atoms with Crippen molar-refractivity contribution in [2.24, 2.45) is 12.8 Å². The van der Waals surface area contributed by atoms with E-state index in [2.05, 4.69) is 4.72 Å². The van der Waals surface area contributed by atoms with Crippen LogP contribution >= 0.6 is 0 Å². The number of primary amides is 1. The summed E-state index contributed by atoms with van der Waals surface area (Å²) in [5.74, 6) is -0.688. The highest BCUT2D eigenvalue weighted by molar-refractivity contribution is 7.89. The monoisotopic (exact) mass is 301 g/mol. The van der Waals surface area contributed by atoms with Gasteiger partial charge >= 0.3 is 0 Å². The fraction of sp³-hybridized carbons (Fsp3) is 0.583. The van der Waals surface area contributed by atoms with Gasteiger partial charge in [0.2, 0.25) is 10.0 Å². The van der Waals surface area contributed by atoms with E-state index in [-0.39, 0.29) is 17.2 Å². The number of rotatable bonds is 5. The van der Waals surface area contributed by atoms with Gasteiger partial charge in [-0.2, -0.15) is 0 Å². The molecule has 0 saturated heterocycles. The third-order valence-electron chi connectivity index (χ3n) is 3.76. The molecule has 1 fully saturated rings. The van der Waals surface area contributed by atoms with Gasteiger partial charge < -0.3 is 15.4 Å². The van der Waals surface area contributed by atoms with Gasteiger partial charge in [-0.3, -0.25) is 4.79 Å². The van der Waals surface area contributed by atoms with Crippen LogP contribution in [-0.2, 0) is 17.1 Å². The fourth-order valence-corrected chi connectivity index (χ4v) is 4.13. The summed E-state index contributed by atoms with van der Waals surface area (Å²) in [6.07, 6.45) is 4.31. The highest BCUT2D eigenvalue weighted by Crippen LogP contribution is 2.31. The zero-order chi connectivity index (χ0) is 15.0. The predicted octanol–water partition coefficient (Wildman–Crippen LogP) is -0.293. The van der Waals surface area contributed by atoms with Crippen molar-refractivity contribution in [2.45, 2.75) is 36.1 Å². The Morgan fingerprint density at radius 2 is 2.10 bits per heavy atom. The molecule has 0 aromatic carbocycles. The summed E-state index contributed by atoms with van der Waals surface area (Å²) in [6.45, 7) is -0.234. The standard InChI is InChI=1S/C12H19N3O4S/c1-15-7-9(6-10(15)11(13)17)20(18,19)14-12(8-16)4-2-3-5-12/h6-7,14,16H,2-5,8H2,1H3,(H2,13,17). The van der Waals surface area contributed by atoms with Crippen molar-refractivity contribution in [1.29, 1.82) is 0 Å². The van der Waals surface area contributed by atoms with E-state index in [9.17, 15) is 18.3 Å². The molecule has 1 heterocycles. The van der Waals surface area contributed by atoms with Crippen molar-refractivity contribution >= 4 is 15.9 Å². The van der Waals surface area contributed by atoms with Gasteiger partial charge in [-0.15, -0.1) is 0 Å². The molecule has 4 N–H and O–H groups in total. The first kappa shape index (κ1) is 15.0. The molecule has 1 aliphatic carbocycles. The summed E-state index contributed by atoms with van der Waals surface area (Å²) in [5.41, 5.74) is 4.50. The molecule has 1 aliphatic rings. The Hall–Kier alpha value is -1.38. The summed E-state index contributed by atoms with van der Waals surface area (Å²) in [5, 5.41) is 9.47. The van der Waals surface area contributed by atoms with Crippen LogP contribution in [0.2, 0.25) is 0 Å². The van der Waals surface area contributed by atoms with Gasteiger partial charge in [0.15, 0.2) is 0 Å². The molecule has 112 valence electrons. The van der Waals surface area contributed by atoms with Crippen LogP contribution in [-0.4, -0.2) is 36.1 Å². The van der Waals surface area contributed by atoms with Crippen LogP contribution in [0.4, 0.5) is 0 Å². The minimum absolute atomic E-state index is 0.0199. The van der Waals surface area contributed by atoms with Gasteiger partial charge in [0.05, 0.1) is 12.1 Å². The van der Waals surface area contributed by atoms with Gasteiger partial charge in [0.1, 0.15) is 10.6 Å². The molecule has 2 rings (SSSR count). The molecule has 7 nitrogen and oxygen atoms in total. The average molecular weight is 301 g/mol. The molecule has 20 heavy (non-hydrogen) atoms. The van der Waals surface area contributed by atoms with Crippen molar-refractivity contribution in [2.75, 3.05) is 6.61 Å². The molecular weight excluding hydrogens is 282 g/mol. The van der Waals surface area contributed by atoms with E-state index in [1.807, 2.05) is 0 Å². The smallest absolute Gasteiger partial charge is 0.265 e. The predicted molar refractivity (Wildman–Crippen MR) is 72.5 cm³/mol. The maximum atomic E-state index is 12.4. The maximum Gasteiger partial charge on any atom is 0.265 e. The molecule has 1 aromatic heterocycles. The Morgan fingerprint density at radius 3 is 2.55 bits per heavy atom. The quantitative estimate of drug-likeness (QED) is 0.693. The van der Waals surface area contributed by atoms with E-state index in [0.29, 0.717) is 12.8 Å². The first-order valence-corrected chi connectivity index (χ1v) is 7.89. The second-order valence-corrected chi connectivity index (χ2v) is 6.97. The van der Waals surface area contributed by atoms with E-state index >= 15 is 0 Å². The van der Waals surface area contributed by atoms with Crippen molar-refractivity contribution in [1.82, 2.24) is 9.29 Å². The lowest BCUT2D eigenvalue weighted by Gasteiger charge is -2.27. The van der Waals surface area contributed by atoms with Crippen molar-refractivity contribution in [3.63, 3.8) is 0 Å². The molecule has 0 bridgehead atoms. The number of aliphatic hydroxyl groups is 1. The van der Waals surface area contributed by atoms with Gasteiger partial charge in [-0.25, -0.2) is 13.1 Å². The summed E-state index contributed by atoms with van der Waals surface area (Å²) in [6, 6.07) is 1.24. The Bertz CT molecular complexity index is 615. The van der Waals surface area contributed by atoms with E-state index in [1.54, 1.807) is 7.05 Å². The number of aryl methyl sites for hydroxylation is 1. The third-order valence-corrected chi connectivity index (χ3v) is 5.30. The number of hydrogen-bond acceptors (Lipinski definition) is 4. The lowest BCUT2D eigenvalue weighted by atomic mass is 10.0. The number of sulfonamides is 1. The van der Waals surface area contributed by atoms with Crippen molar-refractivity contribution in [3.05, 3.63) is 18.0 Å². The maximum absolute atomic E-state index is 12.4. The summed E-state index contributed by atoms with van der Waals surface area (Å²) >= 11 is 0. The van der Waals surface area contributed by atoms with Crippen LogP contribution in [0, 0.1) is 0 Å². The zero-order valence-electron chi connectivity index (χ0n) is 11.3. The molecule has 0 spiro atoms. The molecule has 0 unspecified atom stereocenters. The number of amides is 1. The third kappa shape index (κ3) is 2.72. The minimum atomic E-state index is -3.79. The summed E-state index contributed by atoms with van der Waals surface area (Å²) < 4.78 is 28.6. The SMILES string of the molecule is Cn1cc(S(=O)(=O)NC2(CO)CCCC2)cc1C(N)=O. The zero-order valence-corrected chi connectivity index (χ0v) is 12.1. The number of nitrogens with zero attached hydrogens (tertiary/aromatic N) is 1. The number of carbonyl (C=O) groups is 1. The topological polar surface area (TPSA) is 114 Å². The molecular formula is C12H19N3O4S. The molecule has 8 heteroatoms. The fourth-order valence-electron chi connectivity index (χ4n) is 2.61. The second kappa shape index (κ2) is 5.19. The van der Waals surface area contributed by atoms with E-state index < -0.39 is 21.5 Å². The second-order valence-electron chi connectivity index (χ2n) is 5.29. The van der Waals surface area contributed by atoms with Crippen LogP contribution < -0.4 is 10.5 Å². The average Bonchev–Trinajstić information content (AvgIpc) is 2.96. The number of nitrogens with one attached hydrogen (secondary N) is 1. The Balaban J connectivity index is 2.31. The van der Waals surface area contributed by atoms with E-state index in [0.717, 1.165) is 12.8 Å². The first-order valence-electron chi connectivity index (χ1n) is 6.41. The molecule has 1 saturated carbocycles. The number of hydrogen-bond donors (Lipinski definition) is 3. The van der Waals surface area contributed by atoms with Crippen molar-refractivity contribution in [3.8, 4) is 0 Å². The number of nitrogens with two attached hydrogens (primary N) is 1. The van der Waals surface area contributed by atoms with Crippen LogP contribution in [0.25, 0.3) is 0 Å². The van der Waals surface area contributed by atoms with E-state index in [1.165, 1.54) is 16.8 Å². The van der Waals surface area contributed by atoms with Gasteiger partial charge in [-0.05, 0) is 18.9 Å². The van der Waals surface area contributed by atoms with Gasteiger partial charge in [-0.1, -0.05) is 12.8 Å². The Kier molecular flexibility index (Phi) is 3.90. The number of aliphatic hydroxyl groups excluding tert-OH is 1. The lowest BCUT2D eigenvalue weighted by molar-refractivity contribution is 0.0992. The molecule has 1 aromatic rings. The van der Waals surface area contributed by atoms with Crippen LogP contribution in [0.15, 0.2) is 17.2 Å². The molecule has 0 radical (unpaired) electrons. The number of carbonyl (C=O) groups excluding carboxylic acids is 1. The molecule has 1 amide bonds. The van der Waals surface area contributed by atoms with Crippen LogP contribution in [0.3, 0.4) is 0 Å². The molecule has 0 atom stereocenters. The highest BCUT2D eigenvalue weighted by atomic mass is 32.2. The van der Waals surface area contributed by atoms with Crippen LogP contribution in [0.1, 0.15) is 36.2 Å². The Labute approximate surface area is 117 Å². The van der Waals surface area contributed by atoms with Crippen molar-refractivity contribution < 1.29 is 18.3 Å². The normalized spacial score (nSPS) is 18.3. The lowest BCUT2D eigenvalue weighted by Crippen LogP contribution is -2.48.